The number of rotatable bonds is 3. The molecule has 1 heterocycles. The number of Topliss-reactive ketones (excluding diaryl/α,β-unsaturated/α-hetero) is 1. The first kappa shape index (κ1) is 22.1. The summed E-state index contributed by atoms with van der Waals surface area (Å²) in [4.78, 5) is 27.5. The number of aliphatic hydroxyl groups is 1. The van der Waals surface area contributed by atoms with Crippen LogP contribution in [0.2, 0.25) is 10.0 Å². The third kappa shape index (κ3) is 3.68. The maximum atomic E-state index is 14.9. The van der Waals surface area contributed by atoms with E-state index in [0.717, 1.165) is 11.1 Å². The average molecular weight is 470 g/mol. The van der Waals surface area contributed by atoms with Crippen molar-refractivity contribution in [2.24, 2.45) is 0 Å². The number of amides is 1. The Balaban J connectivity index is 1.99. The summed E-state index contributed by atoms with van der Waals surface area (Å²) < 4.78 is 14.9. The van der Waals surface area contributed by atoms with E-state index < -0.39 is 29.3 Å². The zero-order valence-corrected chi connectivity index (χ0v) is 18.7. The number of hydrogen-bond donors (Lipinski definition) is 1. The fourth-order valence-corrected chi connectivity index (χ4v) is 4.06. The van der Waals surface area contributed by atoms with E-state index in [4.69, 9.17) is 23.2 Å². The van der Waals surface area contributed by atoms with Crippen LogP contribution >= 0.6 is 23.2 Å². The molecule has 162 valence electrons. The van der Waals surface area contributed by atoms with Crippen LogP contribution in [0.3, 0.4) is 0 Å². The molecule has 1 atom stereocenters. The van der Waals surface area contributed by atoms with Crippen molar-refractivity contribution in [3.8, 4) is 0 Å². The van der Waals surface area contributed by atoms with Crippen molar-refractivity contribution in [2.45, 2.75) is 19.9 Å². The molecule has 3 aromatic rings. The highest BCUT2D eigenvalue weighted by atomic mass is 35.5. The smallest absolute Gasteiger partial charge is 0.300 e. The van der Waals surface area contributed by atoms with Crippen molar-refractivity contribution >= 4 is 46.3 Å². The molecule has 32 heavy (non-hydrogen) atoms. The SMILES string of the molecule is Cc1ccc(N2C(=O)C(=O)/C(=C(/O)c3ccc(Cl)c(Cl)c3)C2c2ccccc2F)cc1C. The van der Waals surface area contributed by atoms with Gasteiger partial charge in [0.1, 0.15) is 11.6 Å². The topological polar surface area (TPSA) is 57.6 Å². The van der Waals surface area contributed by atoms with Crippen molar-refractivity contribution < 1.29 is 19.1 Å². The van der Waals surface area contributed by atoms with Crippen molar-refractivity contribution in [3.05, 3.63) is 104 Å². The van der Waals surface area contributed by atoms with E-state index in [0.29, 0.717) is 5.69 Å². The standard InChI is InChI=1S/C25H18Cl2FNO3/c1-13-7-9-16(11-14(13)2)29-22(17-5-3-4-6-20(17)28)21(24(31)25(29)32)23(30)15-8-10-18(26)19(27)12-15/h3-12,22,30H,1-2H3/b23-21+. The summed E-state index contributed by atoms with van der Waals surface area (Å²) in [7, 11) is 0. The molecule has 1 fully saturated rings. The Labute approximate surface area is 194 Å². The van der Waals surface area contributed by atoms with Gasteiger partial charge in [0.05, 0.1) is 21.7 Å². The second-order valence-electron chi connectivity index (χ2n) is 7.59. The molecule has 1 N–H and O–H groups in total. The molecular formula is C25H18Cl2FNO3. The van der Waals surface area contributed by atoms with Gasteiger partial charge in [0, 0.05) is 16.8 Å². The molecular weight excluding hydrogens is 452 g/mol. The molecule has 4 nitrogen and oxygen atoms in total. The number of aliphatic hydroxyl groups excluding tert-OH is 1. The second-order valence-corrected chi connectivity index (χ2v) is 8.40. The van der Waals surface area contributed by atoms with Crippen molar-refractivity contribution in [1.29, 1.82) is 0 Å². The number of nitrogens with zero attached hydrogens (tertiary/aromatic N) is 1. The molecule has 4 rings (SSSR count). The highest BCUT2D eigenvalue weighted by Crippen LogP contribution is 2.43. The summed E-state index contributed by atoms with van der Waals surface area (Å²) in [6, 6.07) is 14.3. The van der Waals surface area contributed by atoms with E-state index in [-0.39, 0.29) is 26.7 Å². The van der Waals surface area contributed by atoms with Crippen LogP contribution in [0.4, 0.5) is 10.1 Å². The number of halogens is 3. The molecule has 1 aliphatic rings. The summed E-state index contributed by atoms with van der Waals surface area (Å²) >= 11 is 12.0. The van der Waals surface area contributed by atoms with E-state index in [9.17, 15) is 19.1 Å². The first-order valence-corrected chi connectivity index (χ1v) is 10.5. The Morgan fingerprint density at radius 2 is 1.66 bits per heavy atom. The van der Waals surface area contributed by atoms with Crippen LogP contribution in [0.15, 0.2) is 66.2 Å². The lowest BCUT2D eigenvalue weighted by Gasteiger charge is -2.26. The van der Waals surface area contributed by atoms with Gasteiger partial charge in [0.25, 0.3) is 11.7 Å². The number of carbonyl (C=O) groups is 2. The molecule has 7 heteroatoms. The lowest BCUT2D eigenvalue weighted by molar-refractivity contribution is -0.132. The molecule has 1 saturated heterocycles. The molecule has 3 aromatic carbocycles. The molecule has 0 radical (unpaired) electrons. The third-order valence-electron chi connectivity index (χ3n) is 5.61. The fraction of sp³-hybridized carbons (Fsp3) is 0.120. The lowest BCUT2D eigenvalue weighted by atomic mass is 9.94. The summed E-state index contributed by atoms with van der Waals surface area (Å²) in [5.41, 5.74) is 2.39. The minimum Gasteiger partial charge on any atom is -0.507 e. The van der Waals surface area contributed by atoms with Crippen LogP contribution in [0, 0.1) is 19.7 Å². The maximum absolute atomic E-state index is 14.9. The Morgan fingerprint density at radius 3 is 2.31 bits per heavy atom. The first-order valence-electron chi connectivity index (χ1n) is 9.78. The maximum Gasteiger partial charge on any atom is 0.300 e. The normalized spacial score (nSPS) is 17.8. The van der Waals surface area contributed by atoms with Crippen LogP contribution < -0.4 is 4.90 Å². The highest BCUT2D eigenvalue weighted by molar-refractivity contribution is 6.51. The number of anilines is 1. The van der Waals surface area contributed by atoms with Gasteiger partial charge in [0.15, 0.2) is 0 Å². The minimum atomic E-state index is -1.16. The summed E-state index contributed by atoms with van der Waals surface area (Å²) in [5.74, 6) is -2.84. The summed E-state index contributed by atoms with van der Waals surface area (Å²) in [5, 5.41) is 11.5. The summed E-state index contributed by atoms with van der Waals surface area (Å²) in [6.07, 6.45) is 0. The number of carbonyl (C=O) groups excluding carboxylic acids is 2. The Morgan fingerprint density at radius 1 is 0.938 bits per heavy atom. The van der Waals surface area contributed by atoms with E-state index in [1.54, 1.807) is 18.2 Å². The van der Waals surface area contributed by atoms with Crippen molar-refractivity contribution in [1.82, 2.24) is 0 Å². The molecule has 0 aliphatic carbocycles. The van der Waals surface area contributed by atoms with Gasteiger partial charge >= 0.3 is 0 Å². The Kier molecular flexibility index (Phi) is 5.80. The lowest BCUT2D eigenvalue weighted by Crippen LogP contribution is -2.30. The molecule has 0 spiro atoms. The zero-order chi connectivity index (χ0) is 23.2. The Bertz CT molecular complexity index is 1300. The van der Waals surface area contributed by atoms with Gasteiger partial charge in [-0.1, -0.05) is 47.5 Å². The van der Waals surface area contributed by atoms with E-state index in [2.05, 4.69) is 0 Å². The third-order valence-corrected chi connectivity index (χ3v) is 6.34. The van der Waals surface area contributed by atoms with Gasteiger partial charge in [-0.25, -0.2) is 4.39 Å². The van der Waals surface area contributed by atoms with Gasteiger partial charge < -0.3 is 5.11 Å². The van der Waals surface area contributed by atoms with Crippen molar-refractivity contribution in [3.63, 3.8) is 0 Å². The summed E-state index contributed by atoms with van der Waals surface area (Å²) in [6.45, 7) is 3.80. The van der Waals surface area contributed by atoms with Gasteiger partial charge in [-0.2, -0.15) is 0 Å². The molecule has 0 aromatic heterocycles. The monoisotopic (exact) mass is 469 g/mol. The van der Waals surface area contributed by atoms with Gasteiger partial charge in [-0.3, -0.25) is 14.5 Å². The van der Waals surface area contributed by atoms with Crippen LogP contribution in [0.25, 0.3) is 5.76 Å². The number of hydrogen-bond acceptors (Lipinski definition) is 3. The first-order chi connectivity index (χ1) is 15.2. The molecule has 1 aliphatic heterocycles. The number of ketones is 1. The van der Waals surface area contributed by atoms with Gasteiger partial charge in [-0.05, 0) is 61.4 Å². The average Bonchev–Trinajstić information content (AvgIpc) is 3.02. The van der Waals surface area contributed by atoms with Crippen LogP contribution in [0.5, 0.6) is 0 Å². The van der Waals surface area contributed by atoms with Gasteiger partial charge in [-0.15, -0.1) is 0 Å². The van der Waals surface area contributed by atoms with Crippen molar-refractivity contribution in [2.75, 3.05) is 4.90 Å². The van der Waals surface area contributed by atoms with E-state index in [1.807, 2.05) is 19.9 Å². The Hall–Kier alpha value is -3.15. The minimum absolute atomic E-state index is 0.0894. The predicted molar refractivity (Wildman–Crippen MR) is 124 cm³/mol. The largest absolute Gasteiger partial charge is 0.507 e. The molecule has 0 bridgehead atoms. The molecule has 0 saturated carbocycles. The van der Waals surface area contributed by atoms with Gasteiger partial charge in [0.2, 0.25) is 0 Å². The second kappa shape index (κ2) is 8.41. The van der Waals surface area contributed by atoms with Crippen LogP contribution in [-0.2, 0) is 9.59 Å². The van der Waals surface area contributed by atoms with E-state index in [1.165, 1.54) is 41.3 Å². The van der Waals surface area contributed by atoms with Crippen LogP contribution in [-0.4, -0.2) is 16.8 Å². The fourth-order valence-electron chi connectivity index (χ4n) is 3.76. The molecule has 1 unspecified atom stereocenters. The quantitative estimate of drug-likeness (QED) is 0.275. The molecule has 1 amide bonds. The van der Waals surface area contributed by atoms with E-state index >= 15 is 0 Å². The zero-order valence-electron chi connectivity index (χ0n) is 17.2. The van der Waals surface area contributed by atoms with Crippen LogP contribution in [0.1, 0.15) is 28.3 Å². The number of aryl methyl sites for hydroxylation is 2. The predicted octanol–water partition coefficient (Wildman–Crippen LogP) is 6.38. The number of benzene rings is 3. The highest BCUT2D eigenvalue weighted by Gasteiger charge is 2.47.